The van der Waals surface area contributed by atoms with Gasteiger partial charge in [0.2, 0.25) is 5.91 Å². The molecule has 0 aliphatic carbocycles. The van der Waals surface area contributed by atoms with E-state index < -0.39 is 0 Å². The first kappa shape index (κ1) is 21.3. The Kier molecular flexibility index (Phi) is 6.51. The summed E-state index contributed by atoms with van der Waals surface area (Å²) in [6.07, 6.45) is 1.50. The number of hydrogen-bond donors (Lipinski definition) is 1. The average Bonchev–Trinajstić information content (AvgIpc) is 2.79. The van der Waals surface area contributed by atoms with Crippen LogP contribution < -0.4 is 9.80 Å². The van der Waals surface area contributed by atoms with Gasteiger partial charge in [0.25, 0.3) is 5.69 Å². The van der Waals surface area contributed by atoms with E-state index in [2.05, 4.69) is 31.2 Å². The Labute approximate surface area is 183 Å². The number of rotatable bonds is 5. The summed E-state index contributed by atoms with van der Waals surface area (Å²) in [6.45, 7) is 8.08. The predicted octanol–water partition coefficient (Wildman–Crippen LogP) is 2.05. The highest BCUT2D eigenvalue weighted by molar-refractivity contribution is 5.79. The van der Waals surface area contributed by atoms with Crippen molar-refractivity contribution in [1.29, 1.82) is 0 Å². The van der Waals surface area contributed by atoms with Crippen LogP contribution in [0.25, 0.3) is 0 Å². The normalized spacial score (nSPS) is 18.2. The van der Waals surface area contributed by atoms with Gasteiger partial charge >= 0.3 is 0 Å². The zero-order valence-electron chi connectivity index (χ0n) is 18.1. The lowest BCUT2D eigenvalue weighted by atomic mass is 9.94. The molecular formula is C24H31N4O3+. The van der Waals surface area contributed by atoms with Crippen molar-refractivity contribution in [3.05, 3.63) is 69.8 Å². The maximum Gasteiger partial charge on any atom is 0.292 e. The van der Waals surface area contributed by atoms with Crippen LogP contribution in [0, 0.1) is 23.0 Å². The number of benzene rings is 2. The van der Waals surface area contributed by atoms with Crippen molar-refractivity contribution in [1.82, 2.24) is 4.90 Å². The van der Waals surface area contributed by atoms with Crippen molar-refractivity contribution in [2.45, 2.75) is 26.3 Å². The third-order valence-electron chi connectivity index (χ3n) is 6.58. The zero-order chi connectivity index (χ0) is 21.8. The zero-order valence-corrected chi connectivity index (χ0v) is 18.1. The largest absolute Gasteiger partial charge is 0.366 e. The van der Waals surface area contributed by atoms with Gasteiger partial charge in [-0.1, -0.05) is 42.0 Å². The van der Waals surface area contributed by atoms with Crippen LogP contribution in [-0.2, 0) is 11.3 Å². The van der Waals surface area contributed by atoms with Crippen molar-refractivity contribution in [2.24, 2.45) is 5.92 Å². The third-order valence-corrected chi connectivity index (χ3v) is 6.58. The number of piperazine rings is 1. The maximum absolute atomic E-state index is 13.1. The number of carbonyl (C=O) groups excluding carboxylic acids is 1. The smallest absolute Gasteiger partial charge is 0.292 e. The molecule has 2 saturated heterocycles. The van der Waals surface area contributed by atoms with E-state index in [4.69, 9.17) is 0 Å². The van der Waals surface area contributed by atoms with Gasteiger partial charge < -0.3 is 14.7 Å². The van der Waals surface area contributed by atoms with Gasteiger partial charge in [-0.05, 0) is 25.8 Å². The van der Waals surface area contributed by atoms with E-state index in [9.17, 15) is 14.9 Å². The lowest BCUT2D eigenvalue weighted by molar-refractivity contribution is -0.917. The van der Waals surface area contributed by atoms with Gasteiger partial charge in [0.1, 0.15) is 12.2 Å². The summed E-state index contributed by atoms with van der Waals surface area (Å²) < 4.78 is 0. The van der Waals surface area contributed by atoms with Crippen LogP contribution in [0.2, 0.25) is 0 Å². The summed E-state index contributed by atoms with van der Waals surface area (Å²) in [5.74, 6) is 0.286. The summed E-state index contributed by atoms with van der Waals surface area (Å²) >= 11 is 0. The molecule has 2 aromatic rings. The molecule has 0 spiro atoms. The third kappa shape index (κ3) is 5.05. The minimum absolute atomic E-state index is 0.0253. The van der Waals surface area contributed by atoms with E-state index in [0.29, 0.717) is 18.8 Å². The second-order valence-electron chi connectivity index (χ2n) is 8.75. The van der Waals surface area contributed by atoms with Crippen molar-refractivity contribution >= 4 is 17.3 Å². The van der Waals surface area contributed by atoms with Crippen LogP contribution >= 0.6 is 0 Å². The topological polar surface area (TPSA) is 71.1 Å². The van der Waals surface area contributed by atoms with Crippen LogP contribution in [0.1, 0.15) is 24.0 Å². The number of aryl methyl sites for hydroxylation is 1. The van der Waals surface area contributed by atoms with Gasteiger partial charge in [0.05, 0.1) is 31.1 Å². The molecule has 2 aromatic carbocycles. The molecule has 7 nitrogen and oxygen atoms in total. The fourth-order valence-electron chi connectivity index (χ4n) is 4.84. The Morgan fingerprint density at radius 3 is 2.45 bits per heavy atom. The molecule has 2 heterocycles. The summed E-state index contributed by atoms with van der Waals surface area (Å²) in [5.41, 5.74) is 3.45. The van der Waals surface area contributed by atoms with Crippen LogP contribution in [0.5, 0.6) is 0 Å². The summed E-state index contributed by atoms with van der Waals surface area (Å²) in [7, 11) is 0. The van der Waals surface area contributed by atoms with E-state index >= 15 is 0 Å². The van der Waals surface area contributed by atoms with Crippen molar-refractivity contribution in [3.8, 4) is 0 Å². The Morgan fingerprint density at radius 1 is 1.06 bits per heavy atom. The first-order valence-electron chi connectivity index (χ1n) is 11.2. The molecule has 1 N–H and O–H groups in total. The molecule has 2 aliphatic heterocycles. The van der Waals surface area contributed by atoms with E-state index in [1.54, 1.807) is 18.2 Å². The maximum atomic E-state index is 13.1. The number of piperidine rings is 1. The molecule has 164 valence electrons. The number of amides is 1. The molecule has 0 bridgehead atoms. The molecule has 0 saturated carbocycles. The van der Waals surface area contributed by atoms with Gasteiger partial charge in [0, 0.05) is 30.6 Å². The van der Waals surface area contributed by atoms with Gasteiger partial charge in [0.15, 0.2) is 0 Å². The number of nitro benzene ring substituents is 1. The number of para-hydroxylation sites is 2. The number of nitrogens with one attached hydrogen (secondary N) is 1. The van der Waals surface area contributed by atoms with Gasteiger partial charge in [-0.2, -0.15) is 0 Å². The van der Waals surface area contributed by atoms with E-state index in [0.717, 1.165) is 45.6 Å². The minimum atomic E-state index is -0.328. The second-order valence-corrected chi connectivity index (χ2v) is 8.75. The molecule has 0 unspecified atom stereocenters. The highest BCUT2D eigenvalue weighted by Gasteiger charge is 2.32. The van der Waals surface area contributed by atoms with Gasteiger partial charge in [-0.3, -0.25) is 14.9 Å². The van der Waals surface area contributed by atoms with E-state index in [-0.39, 0.29) is 22.4 Å². The van der Waals surface area contributed by atoms with Crippen LogP contribution in [-0.4, -0.2) is 55.0 Å². The molecule has 31 heavy (non-hydrogen) atoms. The van der Waals surface area contributed by atoms with Crippen molar-refractivity contribution in [2.75, 3.05) is 44.2 Å². The predicted molar refractivity (Wildman–Crippen MR) is 120 cm³/mol. The molecule has 0 radical (unpaired) electrons. The monoisotopic (exact) mass is 423 g/mol. The quantitative estimate of drug-likeness (QED) is 0.590. The molecule has 2 aliphatic rings. The van der Waals surface area contributed by atoms with Crippen LogP contribution in [0.3, 0.4) is 0 Å². The number of carbonyl (C=O) groups is 1. The molecule has 4 rings (SSSR count). The highest BCUT2D eigenvalue weighted by atomic mass is 16.6. The number of nitro groups is 1. The minimum Gasteiger partial charge on any atom is -0.366 e. The first-order chi connectivity index (χ1) is 15.0. The van der Waals surface area contributed by atoms with Crippen LogP contribution in [0.4, 0.5) is 11.4 Å². The second kappa shape index (κ2) is 9.47. The Morgan fingerprint density at radius 2 is 1.77 bits per heavy atom. The molecule has 2 fully saturated rings. The molecule has 0 atom stereocenters. The summed E-state index contributed by atoms with van der Waals surface area (Å²) in [4.78, 5) is 29.7. The SMILES string of the molecule is Cc1cccc(C[NH+]2CCN(C(=O)C3CCN(c4ccccc4[N+](=O)[O-])CC3)CC2)c1. The van der Waals surface area contributed by atoms with Gasteiger partial charge in [-0.25, -0.2) is 0 Å². The molecule has 7 heteroatoms. The van der Waals surface area contributed by atoms with Crippen LogP contribution in [0.15, 0.2) is 48.5 Å². The standard InChI is InChI=1S/C24H30N4O3/c1-19-5-4-6-20(17-19)18-25-13-15-27(16-14-25)24(29)21-9-11-26(12-10-21)22-7-2-3-8-23(22)28(30)31/h2-8,17,21H,9-16,18H2,1H3/p+1. The highest BCUT2D eigenvalue weighted by Crippen LogP contribution is 2.31. The Bertz CT molecular complexity index is 932. The molecule has 1 amide bonds. The Balaban J connectivity index is 1.27. The summed E-state index contributed by atoms with van der Waals surface area (Å²) in [6, 6.07) is 15.5. The van der Waals surface area contributed by atoms with E-state index in [1.165, 1.54) is 16.0 Å². The average molecular weight is 424 g/mol. The summed E-state index contributed by atoms with van der Waals surface area (Å²) in [5, 5.41) is 11.3. The number of anilines is 1. The fraction of sp³-hybridized carbons (Fsp3) is 0.458. The van der Waals surface area contributed by atoms with Crippen molar-refractivity contribution < 1.29 is 14.6 Å². The number of nitrogens with zero attached hydrogens (tertiary/aromatic N) is 3. The fourth-order valence-corrected chi connectivity index (χ4v) is 4.84. The Hall–Kier alpha value is -2.93. The first-order valence-corrected chi connectivity index (χ1v) is 11.2. The number of hydrogen-bond acceptors (Lipinski definition) is 4. The lowest BCUT2D eigenvalue weighted by Crippen LogP contribution is -3.13. The molecular weight excluding hydrogens is 392 g/mol. The van der Waals surface area contributed by atoms with Gasteiger partial charge in [-0.15, -0.1) is 0 Å². The van der Waals surface area contributed by atoms with Crippen molar-refractivity contribution in [3.63, 3.8) is 0 Å². The molecule has 0 aromatic heterocycles. The lowest BCUT2D eigenvalue weighted by Gasteiger charge is -2.37. The number of quaternary nitrogens is 1. The van der Waals surface area contributed by atoms with E-state index in [1.807, 2.05) is 15.9 Å².